The molecular weight excluding hydrogens is 320 g/mol. The average Bonchev–Trinajstić information content (AvgIpc) is 2.67. The second-order valence-corrected chi connectivity index (χ2v) is 5.85. The third-order valence-corrected chi connectivity index (χ3v) is 3.86. The number of hydrogen-bond acceptors (Lipinski definition) is 5. The molecule has 2 aromatic carbocycles. The molecular formula is C20H22O5. The van der Waals surface area contributed by atoms with Crippen LogP contribution in [-0.4, -0.2) is 31.9 Å². The fourth-order valence-corrected chi connectivity index (χ4v) is 2.54. The molecule has 1 atom stereocenters. The van der Waals surface area contributed by atoms with E-state index >= 15 is 0 Å². The lowest BCUT2D eigenvalue weighted by Crippen LogP contribution is -2.27. The summed E-state index contributed by atoms with van der Waals surface area (Å²) >= 11 is 0. The number of rotatable bonds is 7. The number of ether oxygens (including phenoxy) is 4. The van der Waals surface area contributed by atoms with Crippen molar-refractivity contribution in [1.82, 2.24) is 0 Å². The van der Waals surface area contributed by atoms with Gasteiger partial charge in [0.25, 0.3) is 0 Å². The first-order valence-corrected chi connectivity index (χ1v) is 8.52. The number of carbonyl (C=O) groups excluding carboxylic acids is 1. The minimum Gasteiger partial charge on any atom is -0.482 e. The number of esters is 1. The van der Waals surface area contributed by atoms with E-state index < -0.39 is 5.97 Å². The van der Waals surface area contributed by atoms with E-state index in [0.717, 1.165) is 31.6 Å². The van der Waals surface area contributed by atoms with E-state index in [9.17, 15) is 4.79 Å². The summed E-state index contributed by atoms with van der Waals surface area (Å²) in [5.41, 5.74) is 0. The second-order valence-electron chi connectivity index (χ2n) is 5.85. The Kier molecular flexibility index (Phi) is 6.29. The van der Waals surface area contributed by atoms with Gasteiger partial charge < -0.3 is 18.9 Å². The Morgan fingerprint density at radius 2 is 1.68 bits per heavy atom. The van der Waals surface area contributed by atoms with E-state index in [4.69, 9.17) is 18.9 Å². The lowest BCUT2D eigenvalue weighted by Gasteiger charge is -2.22. The predicted molar refractivity (Wildman–Crippen MR) is 93.0 cm³/mol. The maximum Gasteiger partial charge on any atom is 0.344 e. The van der Waals surface area contributed by atoms with Crippen molar-refractivity contribution >= 4 is 5.97 Å². The molecule has 3 rings (SSSR count). The van der Waals surface area contributed by atoms with Crippen molar-refractivity contribution in [3.8, 4) is 17.2 Å². The summed E-state index contributed by atoms with van der Waals surface area (Å²) in [4.78, 5) is 11.7. The smallest absolute Gasteiger partial charge is 0.344 e. The van der Waals surface area contributed by atoms with Gasteiger partial charge in [-0.1, -0.05) is 18.2 Å². The zero-order chi connectivity index (χ0) is 17.3. The van der Waals surface area contributed by atoms with Crippen LogP contribution in [0.1, 0.15) is 19.3 Å². The lowest BCUT2D eigenvalue weighted by molar-refractivity contribution is -0.151. The first-order chi connectivity index (χ1) is 12.3. The van der Waals surface area contributed by atoms with Crippen LogP contribution in [0.15, 0.2) is 54.6 Å². The molecule has 0 aliphatic carbocycles. The van der Waals surface area contributed by atoms with Gasteiger partial charge in [-0.25, -0.2) is 4.79 Å². The van der Waals surface area contributed by atoms with E-state index in [0.29, 0.717) is 18.1 Å². The molecule has 0 bridgehead atoms. The summed E-state index contributed by atoms with van der Waals surface area (Å²) in [6.07, 6.45) is 3.16. The van der Waals surface area contributed by atoms with Crippen molar-refractivity contribution < 1.29 is 23.7 Å². The van der Waals surface area contributed by atoms with Gasteiger partial charge in [0.2, 0.25) is 0 Å². The summed E-state index contributed by atoms with van der Waals surface area (Å²) in [6.45, 7) is 0.924. The quantitative estimate of drug-likeness (QED) is 0.713. The first kappa shape index (κ1) is 17.3. The summed E-state index contributed by atoms with van der Waals surface area (Å²) in [6, 6.07) is 16.6. The maximum absolute atomic E-state index is 11.7. The third-order valence-electron chi connectivity index (χ3n) is 3.86. The second kappa shape index (κ2) is 9.08. The van der Waals surface area contributed by atoms with E-state index in [1.807, 2.05) is 30.3 Å². The Hall–Kier alpha value is -2.53. The molecule has 0 amide bonds. The van der Waals surface area contributed by atoms with Crippen molar-refractivity contribution in [2.24, 2.45) is 0 Å². The molecule has 0 radical (unpaired) electrons. The Morgan fingerprint density at radius 1 is 0.960 bits per heavy atom. The SMILES string of the molecule is O=C(COc1ccc(Oc2ccccc2)cc1)OCC1CCCCO1. The molecule has 1 aliphatic rings. The molecule has 1 aliphatic heterocycles. The van der Waals surface area contributed by atoms with E-state index in [-0.39, 0.29) is 12.7 Å². The highest BCUT2D eigenvalue weighted by Crippen LogP contribution is 2.23. The van der Waals surface area contributed by atoms with Crippen LogP contribution in [0.2, 0.25) is 0 Å². The van der Waals surface area contributed by atoms with Crippen LogP contribution in [0.25, 0.3) is 0 Å². The van der Waals surface area contributed by atoms with Crippen LogP contribution in [0.3, 0.4) is 0 Å². The Balaban J connectivity index is 1.39. The van der Waals surface area contributed by atoms with Crippen LogP contribution in [0.4, 0.5) is 0 Å². The van der Waals surface area contributed by atoms with Crippen LogP contribution in [-0.2, 0) is 14.3 Å². The van der Waals surface area contributed by atoms with Gasteiger partial charge in [-0.3, -0.25) is 0 Å². The minimum atomic E-state index is -0.390. The zero-order valence-electron chi connectivity index (χ0n) is 14.1. The highest BCUT2D eigenvalue weighted by Gasteiger charge is 2.16. The van der Waals surface area contributed by atoms with Crippen molar-refractivity contribution in [3.05, 3.63) is 54.6 Å². The third kappa shape index (κ3) is 5.80. The normalized spacial score (nSPS) is 16.9. The van der Waals surface area contributed by atoms with Crippen LogP contribution in [0.5, 0.6) is 17.2 Å². The topological polar surface area (TPSA) is 54.0 Å². The van der Waals surface area contributed by atoms with E-state index in [1.165, 1.54) is 0 Å². The summed E-state index contributed by atoms with van der Waals surface area (Å²) < 4.78 is 21.9. The largest absolute Gasteiger partial charge is 0.482 e. The molecule has 0 spiro atoms. The number of hydrogen-bond donors (Lipinski definition) is 0. The average molecular weight is 342 g/mol. The number of para-hydroxylation sites is 1. The molecule has 5 nitrogen and oxygen atoms in total. The van der Waals surface area contributed by atoms with Gasteiger partial charge in [-0.15, -0.1) is 0 Å². The van der Waals surface area contributed by atoms with Gasteiger partial charge in [0.05, 0.1) is 6.10 Å². The van der Waals surface area contributed by atoms with Gasteiger partial charge in [0, 0.05) is 6.61 Å². The van der Waals surface area contributed by atoms with Crippen molar-refractivity contribution in [3.63, 3.8) is 0 Å². The van der Waals surface area contributed by atoms with Crippen LogP contribution >= 0.6 is 0 Å². The minimum absolute atomic E-state index is 0.0205. The predicted octanol–water partition coefficient (Wildman–Crippen LogP) is 3.97. The molecule has 0 N–H and O–H groups in total. The standard InChI is InChI=1S/C20H22O5/c21-20(24-14-19-8-4-5-13-22-19)15-23-16-9-11-18(12-10-16)25-17-6-2-1-3-7-17/h1-3,6-7,9-12,19H,4-5,8,13-15H2. The molecule has 5 heteroatoms. The van der Waals surface area contributed by atoms with E-state index in [2.05, 4.69) is 0 Å². The fourth-order valence-electron chi connectivity index (χ4n) is 2.54. The highest BCUT2D eigenvalue weighted by atomic mass is 16.6. The molecule has 0 aromatic heterocycles. The van der Waals surface area contributed by atoms with Gasteiger partial charge in [0.1, 0.15) is 23.9 Å². The highest BCUT2D eigenvalue weighted by molar-refractivity contribution is 5.71. The summed E-state index contributed by atoms with van der Waals surface area (Å²) in [7, 11) is 0. The van der Waals surface area contributed by atoms with Gasteiger partial charge in [-0.2, -0.15) is 0 Å². The van der Waals surface area contributed by atoms with E-state index in [1.54, 1.807) is 24.3 Å². The van der Waals surface area contributed by atoms with Gasteiger partial charge >= 0.3 is 5.97 Å². The molecule has 1 fully saturated rings. The van der Waals surface area contributed by atoms with Gasteiger partial charge in [0.15, 0.2) is 6.61 Å². The van der Waals surface area contributed by atoms with Crippen molar-refractivity contribution in [2.75, 3.05) is 19.8 Å². The van der Waals surface area contributed by atoms with Crippen molar-refractivity contribution in [2.45, 2.75) is 25.4 Å². The number of benzene rings is 2. The lowest BCUT2D eigenvalue weighted by atomic mass is 10.1. The molecule has 25 heavy (non-hydrogen) atoms. The fraction of sp³-hybridized carbons (Fsp3) is 0.350. The summed E-state index contributed by atoms with van der Waals surface area (Å²) in [5, 5.41) is 0. The number of carbonyl (C=O) groups is 1. The van der Waals surface area contributed by atoms with Crippen LogP contribution in [0, 0.1) is 0 Å². The van der Waals surface area contributed by atoms with Gasteiger partial charge in [-0.05, 0) is 55.7 Å². The zero-order valence-corrected chi connectivity index (χ0v) is 14.1. The molecule has 1 saturated heterocycles. The van der Waals surface area contributed by atoms with Crippen LogP contribution < -0.4 is 9.47 Å². The van der Waals surface area contributed by atoms with Crippen molar-refractivity contribution in [1.29, 1.82) is 0 Å². The maximum atomic E-state index is 11.7. The molecule has 132 valence electrons. The molecule has 1 heterocycles. The Bertz CT molecular complexity index is 648. The Labute approximate surface area is 147 Å². The molecule has 0 saturated carbocycles. The Morgan fingerprint density at radius 3 is 2.40 bits per heavy atom. The molecule has 2 aromatic rings. The first-order valence-electron chi connectivity index (χ1n) is 8.52. The summed E-state index contributed by atoms with van der Waals surface area (Å²) in [5.74, 6) is 1.67. The monoisotopic (exact) mass is 342 g/mol. The molecule has 1 unspecified atom stereocenters.